The molecule has 17 heavy (non-hydrogen) atoms. The van der Waals surface area contributed by atoms with Crippen molar-refractivity contribution in [1.82, 2.24) is 9.97 Å². The average molecular weight is 236 g/mol. The minimum Gasteiger partial charge on any atom is -0.384 e. The van der Waals surface area contributed by atoms with Gasteiger partial charge in [0.1, 0.15) is 18.2 Å². The number of anilines is 2. The number of nitrogens with two attached hydrogens (primary N) is 1. The van der Waals surface area contributed by atoms with E-state index in [0.717, 1.165) is 12.4 Å². The molecule has 5 heteroatoms. The van der Waals surface area contributed by atoms with Crippen LogP contribution in [0.15, 0.2) is 6.07 Å². The number of nitrogen functional groups attached to an aromatic ring is 1. The molecule has 5 nitrogen and oxygen atoms in total. The van der Waals surface area contributed by atoms with Crippen LogP contribution in [0.2, 0.25) is 0 Å². The van der Waals surface area contributed by atoms with Gasteiger partial charge in [0.15, 0.2) is 5.82 Å². The molecule has 1 heterocycles. The molecule has 0 aromatic carbocycles. The van der Waals surface area contributed by atoms with E-state index in [1.54, 1.807) is 0 Å². The molecule has 0 unspecified atom stereocenters. The summed E-state index contributed by atoms with van der Waals surface area (Å²) in [6.07, 6.45) is 2.50. The zero-order chi connectivity index (χ0) is 12.3. The third-order valence-electron chi connectivity index (χ3n) is 2.84. The van der Waals surface area contributed by atoms with Crippen molar-refractivity contribution in [1.29, 1.82) is 0 Å². The Bertz CT molecular complexity index is 379. The third kappa shape index (κ3) is 3.06. The van der Waals surface area contributed by atoms with Crippen molar-refractivity contribution in [3.63, 3.8) is 0 Å². The lowest BCUT2D eigenvalue weighted by molar-refractivity contribution is 0.128. The molecular weight excluding hydrogens is 216 g/mol. The van der Waals surface area contributed by atoms with Crippen LogP contribution >= 0.6 is 0 Å². The van der Waals surface area contributed by atoms with E-state index in [1.165, 1.54) is 12.8 Å². The highest BCUT2D eigenvalue weighted by Crippen LogP contribution is 2.30. The first-order valence-electron chi connectivity index (χ1n) is 6.22. The molecule has 1 aliphatic carbocycles. The largest absolute Gasteiger partial charge is 0.384 e. The fourth-order valence-corrected chi connectivity index (χ4v) is 1.90. The van der Waals surface area contributed by atoms with Gasteiger partial charge in [0.05, 0.1) is 0 Å². The Morgan fingerprint density at radius 3 is 2.76 bits per heavy atom. The quantitative estimate of drug-likeness (QED) is 0.812. The summed E-state index contributed by atoms with van der Waals surface area (Å²) >= 11 is 0. The van der Waals surface area contributed by atoms with Crippen LogP contribution in [-0.2, 0) is 11.3 Å². The predicted octanol–water partition coefficient (Wildman–Crippen LogP) is 1.58. The first-order chi connectivity index (χ1) is 8.24. The van der Waals surface area contributed by atoms with Gasteiger partial charge in [-0.15, -0.1) is 0 Å². The minimum atomic E-state index is 0.427. The van der Waals surface area contributed by atoms with Crippen molar-refractivity contribution in [2.24, 2.45) is 0 Å². The van der Waals surface area contributed by atoms with Crippen molar-refractivity contribution in [3.8, 4) is 0 Å². The van der Waals surface area contributed by atoms with Gasteiger partial charge in [0, 0.05) is 25.3 Å². The molecule has 2 rings (SSSR count). The SMILES string of the molecule is CCOCc1nc(N)cc(N(CC)C2CC2)n1. The molecule has 1 aromatic heterocycles. The highest BCUT2D eigenvalue weighted by Gasteiger charge is 2.29. The molecule has 1 fully saturated rings. The van der Waals surface area contributed by atoms with E-state index in [4.69, 9.17) is 10.5 Å². The second kappa shape index (κ2) is 5.31. The van der Waals surface area contributed by atoms with Crippen LogP contribution < -0.4 is 10.6 Å². The van der Waals surface area contributed by atoms with Crippen LogP contribution in [0, 0.1) is 0 Å². The fourth-order valence-electron chi connectivity index (χ4n) is 1.90. The maximum Gasteiger partial charge on any atom is 0.158 e. The molecule has 0 atom stereocenters. The van der Waals surface area contributed by atoms with Crippen LogP contribution in [0.1, 0.15) is 32.5 Å². The maximum atomic E-state index is 5.81. The number of ether oxygens (including phenoxy) is 1. The van der Waals surface area contributed by atoms with Gasteiger partial charge in [-0.3, -0.25) is 0 Å². The summed E-state index contributed by atoms with van der Waals surface area (Å²) in [5.41, 5.74) is 5.81. The summed E-state index contributed by atoms with van der Waals surface area (Å²) in [4.78, 5) is 11.0. The molecular formula is C12H20N4O. The summed E-state index contributed by atoms with van der Waals surface area (Å²) in [5, 5.41) is 0. The van der Waals surface area contributed by atoms with Crippen LogP contribution in [0.4, 0.5) is 11.6 Å². The predicted molar refractivity (Wildman–Crippen MR) is 67.8 cm³/mol. The molecule has 0 saturated heterocycles. The Morgan fingerprint density at radius 1 is 1.41 bits per heavy atom. The second-order valence-electron chi connectivity index (χ2n) is 4.22. The lowest BCUT2D eigenvalue weighted by atomic mass is 10.4. The van der Waals surface area contributed by atoms with Crippen LogP contribution in [0.25, 0.3) is 0 Å². The van der Waals surface area contributed by atoms with Gasteiger partial charge in [0.25, 0.3) is 0 Å². The summed E-state index contributed by atoms with van der Waals surface area (Å²) in [5.74, 6) is 2.11. The van der Waals surface area contributed by atoms with E-state index in [9.17, 15) is 0 Å². The lowest BCUT2D eigenvalue weighted by Gasteiger charge is -2.22. The lowest BCUT2D eigenvalue weighted by Crippen LogP contribution is -2.26. The van der Waals surface area contributed by atoms with Crippen molar-refractivity contribution in [3.05, 3.63) is 11.9 Å². The van der Waals surface area contributed by atoms with E-state index < -0.39 is 0 Å². The van der Waals surface area contributed by atoms with Gasteiger partial charge < -0.3 is 15.4 Å². The zero-order valence-electron chi connectivity index (χ0n) is 10.5. The summed E-state index contributed by atoms with van der Waals surface area (Å²) in [6, 6.07) is 2.48. The fraction of sp³-hybridized carbons (Fsp3) is 0.667. The summed E-state index contributed by atoms with van der Waals surface area (Å²) in [6.45, 7) is 6.13. The molecule has 1 aromatic rings. The molecule has 0 aliphatic heterocycles. The standard InChI is InChI=1S/C12H20N4O/c1-3-16(9-5-6-9)12-7-10(13)14-11(15-12)8-17-4-2/h7,9H,3-6,8H2,1-2H3,(H2,13,14,15). The van der Waals surface area contributed by atoms with Crippen molar-refractivity contribution >= 4 is 11.6 Å². The second-order valence-corrected chi connectivity index (χ2v) is 4.22. The molecule has 0 bridgehead atoms. The van der Waals surface area contributed by atoms with Crippen LogP contribution in [0.5, 0.6) is 0 Å². The molecule has 0 amide bonds. The molecule has 0 radical (unpaired) electrons. The topological polar surface area (TPSA) is 64.3 Å². The Kier molecular flexibility index (Phi) is 3.78. The maximum absolute atomic E-state index is 5.81. The normalized spacial score (nSPS) is 14.9. The first-order valence-corrected chi connectivity index (χ1v) is 6.22. The monoisotopic (exact) mass is 236 g/mol. The highest BCUT2D eigenvalue weighted by molar-refractivity contribution is 5.48. The van der Waals surface area contributed by atoms with E-state index in [1.807, 2.05) is 13.0 Å². The van der Waals surface area contributed by atoms with Gasteiger partial charge in [-0.1, -0.05) is 0 Å². The highest BCUT2D eigenvalue weighted by atomic mass is 16.5. The molecule has 1 aliphatic rings. The number of rotatable bonds is 6. The van der Waals surface area contributed by atoms with Crippen LogP contribution in [-0.4, -0.2) is 29.2 Å². The number of hydrogen-bond acceptors (Lipinski definition) is 5. The zero-order valence-corrected chi connectivity index (χ0v) is 10.5. The Balaban J connectivity index is 2.17. The average Bonchev–Trinajstić information content (AvgIpc) is 3.11. The summed E-state index contributed by atoms with van der Waals surface area (Å²) < 4.78 is 5.32. The van der Waals surface area contributed by atoms with Gasteiger partial charge in [-0.25, -0.2) is 9.97 Å². The molecule has 94 valence electrons. The third-order valence-corrected chi connectivity index (χ3v) is 2.84. The van der Waals surface area contributed by atoms with Gasteiger partial charge in [0.2, 0.25) is 0 Å². The van der Waals surface area contributed by atoms with Crippen molar-refractivity contribution in [2.45, 2.75) is 39.3 Å². The Labute approximate surface area is 102 Å². The van der Waals surface area contributed by atoms with E-state index >= 15 is 0 Å². The smallest absolute Gasteiger partial charge is 0.158 e. The first kappa shape index (κ1) is 12.1. The Hall–Kier alpha value is -1.36. The number of hydrogen-bond donors (Lipinski definition) is 1. The molecule has 0 spiro atoms. The van der Waals surface area contributed by atoms with E-state index in [2.05, 4.69) is 21.8 Å². The van der Waals surface area contributed by atoms with Gasteiger partial charge in [-0.2, -0.15) is 0 Å². The van der Waals surface area contributed by atoms with Gasteiger partial charge in [-0.05, 0) is 26.7 Å². The molecule has 2 N–H and O–H groups in total. The number of nitrogens with zero attached hydrogens (tertiary/aromatic N) is 3. The molecule has 1 saturated carbocycles. The van der Waals surface area contributed by atoms with E-state index in [-0.39, 0.29) is 0 Å². The Morgan fingerprint density at radius 2 is 2.18 bits per heavy atom. The minimum absolute atomic E-state index is 0.427. The van der Waals surface area contributed by atoms with Crippen molar-refractivity contribution < 1.29 is 4.74 Å². The number of aromatic nitrogens is 2. The summed E-state index contributed by atoms with van der Waals surface area (Å²) in [7, 11) is 0. The van der Waals surface area contributed by atoms with E-state index in [0.29, 0.717) is 30.9 Å². The van der Waals surface area contributed by atoms with Gasteiger partial charge >= 0.3 is 0 Å². The van der Waals surface area contributed by atoms with Crippen LogP contribution in [0.3, 0.4) is 0 Å². The van der Waals surface area contributed by atoms with Crippen molar-refractivity contribution in [2.75, 3.05) is 23.8 Å².